The van der Waals surface area contributed by atoms with Gasteiger partial charge in [0, 0.05) is 11.6 Å². The van der Waals surface area contributed by atoms with Crippen LogP contribution in [0, 0.1) is 6.92 Å². The molecule has 0 unspecified atom stereocenters. The fraction of sp³-hybridized carbons (Fsp3) is 0.263. The number of hydrogen-bond donors (Lipinski definition) is 1. The number of nitrogens with zero attached hydrogens (tertiary/aromatic N) is 2. The average molecular weight is 453 g/mol. The van der Waals surface area contributed by atoms with Gasteiger partial charge in [0.15, 0.2) is 5.76 Å². The molecule has 0 aliphatic rings. The number of carbonyl (C=O) groups excluding carboxylic acids is 1. The molecule has 3 rings (SSSR count). The van der Waals surface area contributed by atoms with Gasteiger partial charge in [-0.15, -0.1) is 0 Å². The first-order valence-electron chi connectivity index (χ1n) is 8.44. The number of furan rings is 1. The lowest BCUT2D eigenvalue weighted by Crippen LogP contribution is -2.24. The van der Waals surface area contributed by atoms with Gasteiger partial charge >= 0.3 is 0 Å². The molecule has 1 amide bonds. The van der Waals surface area contributed by atoms with Crippen LogP contribution in [0.4, 0.5) is 0 Å². The van der Waals surface area contributed by atoms with E-state index in [1.807, 2.05) is 30.7 Å². The topological polar surface area (TPSA) is 69.3 Å². The minimum Gasteiger partial charge on any atom is -0.485 e. The Morgan fingerprint density at radius 1 is 1.37 bits per heavy atom. The first-order valence-corrected chi connectivity index (χ1v) is 9.61. The van der Waals surface area contributed by atoms with Crippen molar-refractivity contribution in [3.05, 3.63) is 68.8 Å². The van der Waals surface area contributed by atoms with Crippen LogP contribution in [0.15, 0.2) is 45.4 Å². The highest BCUT2D eigenvalue weighted by Gasteiger charge is 2.14. The Balaban J connectivity index is 1.58. The van der Waals surface area contributed by atoms with Crippen LogP contribution in [0.1, 0.15) is 34.5 Å². The minimum absolute atomic E-state index is 0.226. The predicted octanol–water partition coefficient (Wildman–Crippen LogP) is 4.73. The summed E-state index contributed by atoms with van der Waals surface area (Å²) in [6.07, 6.45) is 1.71. The zero-order valence-corrected chi connectivity index (χ0v) is 17.3. The first-order chi connectivity index (χ1) is 13.0. The normalized spacial score (nSPS) is 10.8. The van der Waals surface area contributed by atoms with Crippen molar-refractivity contribution in [2.45, 2.75) is 33.5 Å². The average Bonchev–Trinajstić information content (AvgIpc) is 3.25. The summed E-state index contributed by atoms with van der Waals surface area (Å²) in [7, 11) is 0. The second-order valence-corrected chi connectivity index (χ2v) is 7.19. The van der Waals surface area contributed by atoms with Crippen molar-refractivity contribution in [2.24, 2.45) is 0 Å². The lowest BCUT2D eigenvalue weighted by atomic mass is 10.2. The summed E-state index contributed by atoms with van der Waals surface area (Å²) in [6, 6.07) is 8.77. The standard InChI is InChI=1S/C19H19BrClN3O3/c1-3-24-16(15(20)9-23-24)10-22-19(25)18-7-5-14(27-18)11-26-17-6-4-13(21)8-12(17)2/h4-9H,3,10-11H2,1-2H3,(H,22,25). The second-order valence-electron chi connectivity index (χ2n) is 5.90. The third-order valence-electron chi connectivity index (χ3n) is 4.01. The predicted molar refractivity (Wildman–Crippen MR) is 106 cm³/mol. The summed E-state index contributed by atoms with van der Waals surface area (Å²) in [6.45, 7) is 5.21. The van der Waals surface area contributed by atoms with E-state index in [1.54, 1.807) is 24.4 Å². The van der Waals surface area contributed by atoms with E-state index in [4.69, 9.17) is 20.8 Å². The lowest BCUT2D eigenvalue weighted by molar-refractivity contribution is 0.0918. The lowest BCUT2D eigenvalue weighted by Gasteiger charge is -2.08. The smallest absolute Gasteiger partial charge is 0.287 e. The Morgan fingerprint density at radius 2 is 2.19 bits per heavy atom. The molecule has 0 radical (unpaired) electrons. The molecule has 6 nitrogen and oxygen atoms in total. The van der Waals surface area contributed by atoms with Gasteiger partial charge < -0.3 is 14.5 Å². The molecule has 3 aromatic rings. The summed E-state index contributed by atoms with van der Waals surface area (Å²) in [4.78, 5) is 12.3. The van der Waals surface area contributed by atoms with Gasteiger partial charge in [-0.05, 0) is 65.7 Å². The number of ether oxygens (including phenoxy) is 1. The maximum absolute atomic E-state index is 12.3. The molecule has 0 aliphatic heterocycles. The Morgan fingerprint density at radius 3 is 2.93 bits per heavy atom. The SMILES string of the molecule is CCn1ncc(Br)c1CNC(=O)c1ccc(COc2ccc(Cl)cc2C)o1. The maximum atomic E-state index is 12.3. The number of rotatable bonds is 7. The molecule has 0 atom stereocenters. The highest BCUT2D eigenvalue weighted by molar-refractivity contribution is 9.10. The molecule has 142 valence electrons. The number of aryl methyl sites for hydroxylation is 2. The van der Waals surface area contributed by atoms with Crippen LogP contribution in [-0.2, 0) is 19.7 Å². The Kier molecular flexibility index (Phi) is 6.23. The van der Waals surface area contributed by atoms with E-state index >= 15 is 0 Å². The summed E-state index contributed by atoms with van der Waals surface area (Å²) >= 11 is 9.38. The number of hydrogen-bond acceptors (Lipinski definition) is 4. The molecule has 0 bridgehead atoms. The second kappa shape index (κ2) is 8.63. The van der Waals surface area contributed by atoms with Crippen molar-refractivity contribution in [2.75, 3.05) is 0 Å². The maximum Gasteiger partial charge on any atom is 0.287 e. The van der Waals surface area contributed by atoms with E-state index in [0.29, 0.717) is 17.3 Å². The monoisotopic (exact) mass is 451 g/mol. The van der Waals surface area contributed by atoms with Gasteiger partial charge in [-0.1, -0.05) is 11.6 Å². The van der Waals surface area contributed by atoms with Gasteiger partial charge in [0.2, 0.25) is 0 Å². The zero-order chi connectivity index (χ0) is 19.4. The number of carbonyl (C=O) groups is 1. The van der Waals surface area contributed by atoms with Crippen molar-refractivity contribution in [3.63, 3.8) is 0 Å². The van der Waals surface area contributed by atoms with Crippen LogP contribution in [0.3, 0.4) is 0 Å². The quantitative estimate of drug-likeness (QED) is 0.563. The summed E-state index contributed by atoms with van der Waals surface area (Å²) in [5.74, 6) is 1.23. The highest BCUT2D eigenvalue weighted by atomic mass is 79.9. The minimum atomic E-state index is -0.292. The molecular weight excluding hydrogens is 434 g/mol. The van der Waals surface area contributed by atoms with Crippen LogP contribution >= 0.6 is 27.5 Å². The molecule has 2 aromatic heterocycles. The molecule has 1 N–H and O–H groups in total. The molecule has 27 heavy (non-hydrogen) atoms. The molecule has 0 spiro atoms. The van der Waals surface area contributed by atoms with E-state index in [-0.39, 0.29) is 18.3 Å². The van der Waals surface area contributed by atoms with E-state index in [0.717, 1.165) is 28.0 Å². The summed E-state index contributed by atoms with van der Waals surface area (Å²) in [5.41, 5.74) is 1.84. The number of amides is 1. The van der Waals surface area contributed by atoms with Crippen LogP contribution in [-0.4, -0.2) is 15.7 Å². The number of halogens is 2. The van der Waals surface area contributed by atoms with Gasteiger partial charge in [-0.3, -0.25) is 9.48 Å². The zero-order valence-electron chi connectivity index (χ0n) is 15.0. The molecule has 0 fully saturated rings. The van der Waals surface area contributed by atoms with E-state index < -0.39 is 0 Å². The molecule has 0 saturated heterocycles. The molecule has 1 aromatic carbocycles. The molecular formula is C19H19BrClN3O3. The van der Waals surface area contributed by atoms with E-state index in [1.165, 1.54) is 0 Å². The van der Waals surface area contributed by atoms with Gasteiger partial charge in [0.05, 0.1) is 22.9 Å². The summed E-state index contributed by atoms with van der Waals surface area (Å²) in [5, 5.41) is 7.73. The van der Waals surface area contributed by atoms with Crippen molar-refractivity contribution in [3.8, 4) is 5.75 Å². The number of benzene rings is 1. The van der Waals surface area contributed by atoms with Crippen LogP contribution in [0.2, 0.25) is 5.02 Å². The Hall–Kier alpha value is -2.25. The van der Waals surface area contributed by atoms with Crippen LogP contribution in [0.5, 0.6) is 5.75 Å². The van der Waals surface area contributed by atoms with Gasteiger partial charge in [0.25, 0.3) is 5.91 Å². The largest absolute Gasteiger partial charge is 0.485 e. The van der Waals surface area contributed by atoms with E-state index in [9.17, 15) is 4.79 Å². The number of aromatic nitrogens is 2. The van der Waals surface area contributed by atoms with Crippen LogP contribution in [0.25, 0.3) is 0 Å². The van der Waals surface area contributed by atoms with Gasteiger partial charge in [-0.2, -0.15) is 5.10 Å². The first kappa shape index (κ1) is 19.5. The fourth-order valence-corrected chi connectivity index (χ4v) is 3.25. The van der Waals surface area contributed by atoms with Gasteiger partial charge in [0.1, 0.15) is 18.1 Å². The van der Waals surface area contributed by atoms with Crippen molar-refractivity contribution >= 4 is 33.4 Å². The van der Waals surface area contributed by atoms with Crippen molar-refractivity contribution in [1.29, 1.82) is 0 Å². The fourth-order valence-electron chi connectivity index (χ4n) is 2.59. The molecule has 2 heterocycles. The van der Waals surface area contributed by atoms with E-state index in [2.05, 4.69) is 26.3 Å². The molecule has 8 heteroatoms. The van der Waals surface area contributed by atoms with Crippen LogP contribution < -0.4 is 10.1 Å². The number of nitrogens with one attached hydrogen (secondary N) is 1. The molecule has 0 saturated carbocycles. The Labute approximate surface area is 170 Å². The molecule has 0 aliphatic carbocycles. The third-order valence-corrected chi connectivity index (χ3v) is 4.90. The Bertz CT molecular complexity index is 952. The highest BCUT2D eigenvalue weighted by Crippen LogP contribution is 2.23. The van der Waals surface area contributed by atoms with Crippen molar-refractivity contribution in [1.82, 2.24) is 15.1 Å². The van der Waals surface area contributed by atoms with Gasteiger partial charge in [-0.25, -0.2) is 0 Å². The summed E-state index contributed by atoms with van der Waals surface area (Å²) < 4.78 is 14.0. The van der Waals surface area contributed by atoms with Crippen molar-refractivity contribution < 1.29 is 13.9 Å². The third kappa shape index (κ3) is 4.73.